The molecule has 0 aliphatic heterocycles. The lowest BCUT2D eigenvalue weighted by Gasteiger charge is -2.09. The van der Waals surface area contributed by atoms with Crippen molar-refractivity contribution >= 4 is 16.9 Å². The Bertz CT molecular complexity index is 1000. The summed E-state index contributed by atoms with van der Waals surface area (Å²) in [6.07, 6.45) is 4.33. The van der Waals surface area contributed by atoms with Gasteiger partial charge >= 0.3 is 0 Å². The Kier molecular flexibility index (Phi) is 4.60. The van der Waals surface area contributed by atoms with E-state index in [2.05, 4.69) is 46.9 Å². The van der Waals surface area contributed by atoms with Crippen LogP contribution in [0.3, 0.4) is 0 Å². The summed E-state index contributed by atoms with van der Waals surface area (Å²) in [5.74, 6) is 1.09. The summed E-state index contributed by atoms with van der Waals surface area (Å²) in [7, 11) is 1.59. The van der Waals surface area contributed by atoms with Crippen molar-refractivity contribution in [1.82, 2.24) is 14.9 Å². The molecule has 0 atom stereocenters. The van der Waals surface area contributed by atoms with E-state index in [0.29, 0.717) is 29.4 Å². The maximum Gasteiger partial charge on any atom is 0.255 e. The summed E-state index contributed by atoms with van der Waals surface area (Å²) in [5.41, 5.74) is 5.96. The molecule has 2 aromatic heterocycles. The smallest absolute Gasteiger partial charge is 0.255 e. The number of hydrogen-bond donors (Lipinski definition) is 1. The number of carbonyl (C=O) groups is 1. The third-order valence-electron chi connectivity index (χ3n) is 5.24. The van der Waals surface area contributed by atoms with Crippen molar-refractivity contribution in [3.8, 4) is 5.88 Å². The predicted octanol–water partition coefficient (Wildman–Crippen LogP) is 3.85. The molecule has 1 amide bonds. The first kappa shape index (κ1) is 17.6. The molecule has 1 aliphatic rings. The molecule has 1 saturated carbocycles. The average molecular weight is 363 g/mol. The third-order valence-corrected chi connectivity index (χ3v) is 5.24. The SMILES string of the molecule is COc1ccc2c(n1)c(C(=O)NCC1CC1)cn2Cc1ccc(C)cc1C. The largest absolute Gasteiger partial charge is 0.481 e. The Hall–Kier alpha value is -2.82. The number of ether oxygens (including phenoxy) is 1. The molecule has 140 valence electrons. The second-order valence-corrected chi connectivity index (χ2v) is 7.48. The zero-order chi connectivity index (χ0) is 19.0. The van der Waals surface area contributed by atoms with Crippen molar-refractivity contribution in [1.29, 1.82) is 0 Å². The number of carbonyl (C=O) groups excluding carboxylic acids is 1. The van der Waals surface area contributed by atoms with Gasteiger partial charge in [0, 0.05) is 25.4 Å². The van der Waals surface area contributed by atoms with Crippen molar-refractivity contribution in [2.45, 2.75) is 33.2 Å². The summed E-state index contributed by atoms with van der Waals surface area (Å²) in [4.78, 5) is 17.3. The van der Waals surface area contributed by atoms with Crippen LogP contribution in [0.5, 0.6) is 5.88 Å². The lowest BCUT2D eigenvalue weighted by atomic mass is 10.1. The minimum atomic E-state index is -0.0629. The molecule has 5 nitrogen and oxygen atoms in total. The molecule has 2 heterocycles. The minimum Gasteiger partial charge on any atom is -0.481 e. The molecular weight excluding hydrogens is 338 g/mol. The highest BCUT2D eigenvalue weighted by Gasteiger charge is 2.23. The molecular formula is C22H25N3O2. The van der Waals surface area contributed by atoms with Crippen LogP contribution in [-0.2, 0) is 6.54 Å². The van der Waals surface area contributed by atoms with Crippen molar-refractivity contribution < 1.29 is 9.53 Å². The molecule has 4 rings (SSSR count). The van der Waals surface area contributed by atoms with Crippen LogP contribution in [-0.4, -0.2) is 29.1 Å². The Balaban J connectivity index is 1.72. The molecule has 0 bridgehead atoms. The number of aromatic nitrogens is 2. The highest BCUT2D eigenvalue weighted by Crippen LogP contribution is 2.28. The summed E-state index contributed by atoms with van der Waals surface area (Å²) in [6.45, 7) is 5.66. The first-order valence-corrected chi connectivity index (χ1v) is 9.43. The number of pyridine rings is 1. The number of fused-ring (bicyclic) bond motifs is 1. The van der Waals surface area contributed by atoms with E-state index in [-0.39, 0.29) is 5.91 Å². The Morgan fingerprint density at radius 1 is 1.26 bits per heavy atom. The zero-order valence-corrected chi connectivity index (χ0v) is 16.1. The molecule has 27 heavy (non-hydrogen) atoms. The maximum absolute atomic E-state index is 12.8. The topological polar surface area (TPSA) is 56.1 Å². The van der Waals surface area contributed by atoms with Crippen LogP contribution >= 0.6 is 0 Å². The maximum atomic E-state index is 12.8. The van der Waals surface area contributed by atoms with E-state index in [1.165, 1.54) is 29.5 Å². The van der Waals surface area contributed by atoms with E-state index < -0.39 is 0 Å². The van der Waals surface area contributed by atoms with Gasteiger partial charge in [-0.15, -0.1) is 0 Å². The normalized spacial score (nSPS) is 13.7. The van der Waals surface area contributed by atoms with Crippen LogP contribution in [0.2, 0.25) is 0 Å². The number of methoxy groups -OCH3 is 1. The van der Waals surface area contributed by atoms with E-state index in [4.69, 9.17) is 4.74 Å². The van der Waals surface area contributed by atoms with Gasteiger partial charge in [-0.1, -0.05) is 23.8 Å². The molecule has 0 spiro atoms. The Morgan fingerprint density at radius 3 is 2.78 bits per heavy atom. The number of hydrogen-bond acceptors (Lipinski definition) is 3. The van der Waals surface area contributed by atoms with Crippen LogP contribution in [0.1, 0.15) is 39.9 Å². The zero-order valence-electron chi connectivity index (χ0n) is 16.1. The Labute approximate surface area is 159 Å². The summed E-state index contributed by atoms with van der Waals surface area (Å²) in [5, 5.41) is 3.05. The quantitative estimate of drug-likeness (QED) is 0.724. The van der Waals surface area contributed by atoms with Crippen molar-refractivity contribution in [3.05, 3.63) is 58.8 Å². The second-order valence-electron chi connectivity index (χ2n) is 7.48. The molecule has 5 heteroatoms. The summed E-state index contributed by atoms with van der Waals surface area (Å²) in [6, 6.07) is 10.3. The molecule has 0 radical (unpaired) electrons. The van der Waals surface area contributed by atoms with Gasteiger partial charge in [0.15, 0.2) is 0 Å². The second kappa shape index (κ2) is 7.06. The highest BCUT2D eigenvalue weighted by molar-refractivity contribution is 6.05. The van der Waals surface area contributed by atoms with Crippen LogP contribution < -0.4 is 10.1 Å². The number of aryl methyl sites for hydroxylation is 2. The van der Waals surface area contributed by atoms with Crippen molar-refractivity contribution in [2.75, 3.05) is 13.7 Å². The van der Waals surface area contributed by atoms with Gasteiger partial charge < -0.3 is 14.6 Å². The fourth-order valence-electron chi connectivity index (χ4n) is 3.42. The molecule has 0 unspecified atom stereocenters. The van der Waals surface area contributed by atoms with Gasteiger partial charge in [-0.2, -0.15) is 0 Å². The van der Waals surface area contributed by atoms with E-state index in [1.807, 2.05) is 18.3 Å². The third kappa shape index (κ3) is 3.68. The van der Waals surface area contributed by atoms with E-state index in [1.54, 1.807) is 7.11 Å². The van der Waals surface area contributed by atoms with Gasteiger partial charge in [0.2, 0.25) is 5.88 Å². The minimum absolute atomic E-state index is 0.0629. The predicted molar refractivity (Wildman–Crippen MR) is 106 cm³/mol. The molecule has 1 N–H and O–H groups in total. The van der Waals surface area contributed by atoms with Gasteiger partial charge in [0.1, 0.15) is 5.52 Å². The molecule has 1 aromatic carbocycles. The summed E-state index contributed by atoms with van der Waals surface area (Å²) >= 11 is 0. The lowest BCUT2D eigenvalue weighted by molar-refractivity contribution is 0.0953. The Morgan fingerprint density at radius 2 is 2.07 bits per heavy atom. The number of nitrogens with zero attached hydrogens (tertiary/aromatic N) is 2. The monoisotopic (exact) mass is 363 g/mol. The van der Waals surface area contributed by atoms with Crippen LogP contribution in [0.4, 0.5) is 0 Å². The van der Waals surface area contributed by atoms with Crippen LogP contribution in [0.15, 0.2) is 36.5 Å². The van der Waals surface area contributed by atoms with Crippen LogP contribution in [0.25, 0.3) is 11.0 Å². The van der Waals surface area contributed by atoms with Gasteiger partial charge in [0.05, 0.1) is 18.2 Å². The number of benzene rings is 1. The fraction of sp³-hybridized carbons (Fsp3) is 0.364. The standard InChI is InChI=1S/C22H25N3O2/c1-14-4-7-17(15(2)10-14)12-25-13-18(22(26)23-11-16-5-6-16)21-19(25)8-9-20(24-21)27-3/h4,7-10,13,16H,5-6,11-12H2,1-3H3,(H,23,26). The van der Waals surface area contributed by atoms with Crippen LogP contribution in [0, 0.1) is 19.8 Å². The molecule has 0 saturated heterocycles. The molecule has 1 aliphatic carbocycles. The van der Waals surface area contributed by atoms with Gasteiger partial charge in [-0.25, -0.2) is 4.98 Å². The van der Waals surface area contributed by atoms with E-state index >= 15 is 0 Å². The number of rotatable bonds is 6. The average Bonchev–Trinajstić information content (AvgIpc) is 3.43. The lowest BCUT2D eigenvalue weighted by Crippen LogP contribution is -2.25. The van der Waals surface area contributed by atoms with Crippen molar-refractivity contribution in [3.63, 3.8) is 0 Å². The van der Waals surface area contributed by atoms with Gasteiger partial charge in [-0.05, 0) is 49.8 Å². The highest BCUT2D eigenvalue weighted by atomic mass is 16.5. The van der Waals surface area contributed by atoms with Crippen molar-refractivity contribution in [2.24, 2.45) is 5.92 Å². The first-order chi connectivity index (χ1) is 13.0. The van der Waals surface area contributed by atoms with E-state index in [9.17, 15) is 4.79 Å². The van der Waals surface area contributed by atoms with Gasteiger partial charge in [0.25, 0.3) is 5.91 Å². The van der Waals surface area contributed by atoms with Gasteiger partial charge in [-0.3, -0.25) is 4.79 Å². The molecule has 3 aromatic rings. The van der Waals surface area contributed by atoms with E-state index in [0.717, 1.165) is 12.1 Å². The summed E-state index contributed by atoms with van der Waals surface area (Å²) < 4.78 is 7.38. The molecule has 1 fully saturated rings. The fourth-order valence-corrected chi connectivity index (χ4v) is 3.42. The number of amides is 1. The first-order valence-electron chi connectivity index (χ1n) is 9.43. The number of nitrogens with one attached hydrogen (secondary N) is 1.